The average molecular weight is 610 g/mol. The lowest BCUT2D eigenvalue weighted by Gasteiger charge is -2.32. The van der Waals surface area contributed by atoms with Gasteiger partial charge in [-0.05, 0) is 55.6 Å². The Morgan fingerprint density at radius 1 is 1.16 bits per heavy atom. The Kier molecular flexibility index (Phi) is 9.54. The highest BCUT2D eigenvalue weighted by Crippen LogP contribution is 2.30. The molecule has 9 nitrogen and oxygen atoms in total. The molecule has 1 N–H and O–H groups in total. The first-order valence-corrected chi connectivity index (χ1v) is 15.5. The van der Waals surface area contributed by atoms with E-state index in [0.717, 1.165) is 68.0 Å². The van der Waals surface area contributed by atoms with E-state index in [2.05, 4.69) is 34.3 Å². The smallest absolute Gasteiger partial charge is 0.272 e. The second kappa shape index (κ2) is 13.3. The number of hydrogen-bond donors (Lipinski definition) is 1. The minimum Gasteiger partial charge on any atom is -0.333 e. The summed E-state index contributed by atoms with van der Waals surface area (Å²) in [5.41, 5.74) is 2.74. The van der Waals surface area contributed by atoms with E-state index < -0.39 is 12.3 Å². The number of imidazole rings is 1. The summed E-state index contributed by atoms with van der Waals surface area (Å²) < 4.78 is 28.3. The lowest BCUT2D eigenvalue weighted by molar-refractivity contribution is -0.127. The molecule has 1 unspecified atom stereocenters. The molecule has 228 valence electrons. The third-order valence-electron chi connectivity index (χ3n) is 7.99. The molecule has 1 atom stereocenters. The number of nitrogens with one attached hydrogen (secondary N) is 1. The number of benzene rings is 1. The molecular weight excluding hydrogens is 572 g/mol. The van der Waals surface area contributed by atoms with Gasteiger partial charge in [0, 0.05) is 45.8 Å². The van der Waals surface area contributed by atoms with E-state index >= 15 is 0 Å². The Bertz CT molecular complexity index is 1550. The van der Waals surface area contributed by atoms with Crippen LogP contribution in [0.2, 0.25) is 0 Å². The maximum Gasteiger partial charge on any atom is 0.272 e. The number of thiophene rings is 1. The molecule has 2 amide bonds. The molecule has 2 aliphatic rings. The number of carbonyl (C=O) groups excluding carboxylic acids is 2. The highest BCUT2D eigenvalue weighted by molar-refractivity contribution is 7.14. The van der Waals surface area contributed by atoms with Crippen molar-refractivity contribution in [2.45, 2.75) is 52.2 Å². The number of anilines is 1. The predicted octanol–water partition coefficient (Wildman–Crippen LogP) is 5.13. The molecule has 43 heavy (non-hydrogen) atoms. The van der Waals surface area contributed by atoms with Crippen LogP contribution in [-0.2, 0) is 17.9 Å². The van der Waals surface area contributed by atoms with Gasteiger partial charge in [-0.25, -0.2) is 13.8 Å². The highest BCUT2D eigenvalue weighted by Gasteiger charge is 2.32. The number of hydrogen-bond acceptors (Lipinski definition) is 7. The van der Waals surface area contributed by atoms with Gasteiger partial charge in [0.05, 0.1) is 26.8 Å². The molecule has 12 heteroatoms. The van der Waals surface area contributed by atoms with E-state index in [1.807, 2.05) is 30.5 Å². The number of halogens is 2. The molecule has 2 saturated heterocycles. The second-order valence-corrected chi connectivity index (χ2v) is 12.8. The molecular formula is C31H37F2N7O2S. The lowest BCUT2D eigenvalue weighted by atomic mass is 10.1. The van der Waals surface area contributed by atoms with Crippen molar-refractivity contribution in [1.29, 1.82) is 5.26 Å². The van der Waals surface area contributed by atoms with Crippen LogP contribution in [0.15, 0.2) is 42.0 Å². The van der Waals surface area contributed by atoms with Crippen LogP contribution in [-0.4, -0.2) is 81.9 Å². The molecule has 0 radical (unpaired) electrons. The van der Waals surface area contributed by atoms with Crippen LogP contribution in [0.3, 0.4) is 0 Å². The quantitative estimate of drug-likeness (QED) is 0.267. The van der Waals surface area contributed by atoms with E-state index in [1.165, 1.54) is 12.1 Å². The van der Waals surface area contributed by atoms with Crippen molar-refractivity contribution in [1.82, 2.24) is 24.3 Å². The van der Waals surface area contributed by atoms with E-state index in [1.54, 1.807) is 11.0 Å². The van der Waals surface area contributed by atoms with Crippen molar-refractivity contribution in [3.8, 4) is 6.07 Å². The average Bonchev–Trinajstić information content (AvgIpc) is 3.72. The number of piperazine rings is 1. The van der Waals surface area contributed by atoms with Crippen LogP contribution in [0.5, 0.6) is 0 Å². The molecule has 4 heterocycles. The number of alkyl halides is 2. The Morgan fingerprint density at radius 3 is 2.60 bits per heavy atom. The van der Waals surface area contributed by atoms with E-state index in [4.69, 9.17) is 4.98 Å². The first-order valence-electron chi connectivity index (χ1n) is 14.6. The van der Waals surface area contributed by atoms with Gasteiger partial charge in [-0.3, -0.25) is 19.8 Å². The summed E-state index contributed by atoms with van der Waals surface area (Å²) in [5, 5.41) is 12.5. The summed E-state index contributed by atoms with van der Waals surface area (Å²) in [6.07, 6.45) is 0.575. The zero-order chi connectivity index (χ0) is 30.7. The Hall–Kier alpha value is -3.66. The van der Waals surface area contributed by atoms with Crippen molar-refractivity contribution in [2.75, 3.05) is 45.1 Å². The minimum atomic E-state index is -2.65. The largest absolute Gasteiger partial charge is 0.333 e. The van der Waals surface area contributed by atoms with Gasteiger partial charge in [0.15, 0.2) is 0 Å². The van der Waals surface area contributed by atoms with Crippen LogP contribution in [0, 0.1) is 17.2 Å². The number of nitrogens with zero attached hydrogens (tertiary/aromatic N) is 6. The zero-order valence-electron chi connectivity index (χ0n) is 24.7. The van der Waals surface area contributed by atoms with Gasteiger partial charge in [0.25, 0.3) is 18.2 Å². The zero-order valence-corrected chi connectivity index (χ0v) is 25.5. The number of carbonyl (C=O) groups is 2. The second-order valence-electron chi connectivity index (χ2n) is 11.6. The summed E-state index contributed by atoms with van der Waals surface area (Å²) >= 11 is 0.753. The summed E-state index contributed by atoms with van der Waals surface area (Å²) in [4.78, 5) is 37.7. The third-order valence-corrected chi connectivity index (χ3v) is 9.08. The van der Waals surface area contributed by atoms with Crippen molar-refractivity contribution in [3.63, 3.8) is 0 Å². The molecule has 2 fully saturated rings. The topological polar surface area (TPSA) is 97.5 Å². The van der Waals surface area contributed by atoms with Crippen LogP contribution in [0.25, 0.3) is 11.0 Å². The summed E-state index contributed by atoms with van der Waals surface area (Å²) in [6.45, 7) is 9.52. The highest BCUT2D eigenvalue weighted by atomic mass is 32.1. The summed E-state index contributed by atoms with van der Waals surface area (Å²) in [5.74, 6) is -0.457. The molecule has 0 bridgehead atoms. The molecule has 0 saturated carbocycles. The van der Waals surface area contributed by atoms with Crippen LogP contribution >= 0.6 is 11.3 Å². The number of likely N-dealkylation sites (tertiary alicyclic amines) is 1. The fraction of sp³-hybridized carbons (Fsp3) is 0.484. The van der Waals surface area contributed by atoms with Gasteiger partial charge in [-0.2, -0.15) is 5.26 Å². The number of allylic oxidation sites excluding steroid dienone is 1. The van der Waals surface area contributed by atoms with Gasteiger partial charge in [-0.15, -0.1) is 11.3 Å². The number of amides is 2. The molecule has 2 aliphatic heterocycles. The Morgan fingerprint density at radius 2 is 1.93 bits per heavy atom. The van der Waals surface area contributed by atoms with Gasteiger partial charge < -0.3 is 14.4 Å². The molecule has 5 rings (SSSR count). The molecule has 1 aromatic carbocycles. The van der Waals surface area contributed by atoms with Crippen LogP contribution < -0.4 is 5.32 Å². The molecule has 0 spiro atoms. The summed E-state index contributed by atoms with van der Waals surface area (Å²) in [6, 6.07) is 10.6. The first-order chi connectivity index (χ1) is 20.6. The van der Waals surface area contributed by atoms with Crippen molar-refractivity contribution in [3.05, 3.63) is 57.3 Å². The van der Waals surface area contributed by atoms with Gasteiger partial charge in [0.2, 0.25) is 5.95 Å². The fourth-order valence-electron chi connectivity index (χ4n) is 5.72. The predicted molar refractivity (Wildman–Crippen MR) is 163 cm³/mol. The maximum atomic E-state index is 13.3. The van der Waals surface area contributed by atoms with Crippen molar-refractivity contribution in [2.24, 2.45) is 5.92 Å². The van der Waals surface area contributed by atoms with Crippen molar-refractivity contribution >= 4 is 40.1 Å². The monoisotopic (exact) mass is 609 g/mol. The van der Waals surface area contributed by atoms with E-state index in [-0.39, 0.29) is 33.2 Å². The molecule has 2 aromatic heterocycles. The third kappa shape index (κ3) is 7.12. The number of aromatic nitrogens is 2. The first kappa shape index (κ1) is 30.8. The SMILES string of the molecule is CC(C)C=C(C#N)C(=O)N1CCCC1Cn1c(NC(=O)c2ccc(C(F)F)s2)nc2cc(CN3CCN(C)CC3)ccc21. The van der Waals surface area contributed by atoms with Gasteiger partial charge in [0.1, 0.15) is 11.6 Å². The standard InChI is InChI=1S/C31H37F2N7O2S/c1-20(2)15-22(17-34)30(42)39-10-4-5-23(39)19-40-25-7-6-21(18-38-13-11-37(3)12-14-38)16-24(25)35-31(40)36-29(41)27-9-8-26(43-27)28(32)33/h6-9,15-16,20,23,28H,4-5,10-14,18-19H2,1-3H3,(H,35,36,41). The Balaban J connectivity index is 1.45. The molecule has 0 aliphatic carbocycles. The van der Waals surface area contributed by atoms with E-state index in [0.29, 0.717) is 24.6 Å². The molecule has 3 aromatic rings. The maximum absolute atomic E-state index is 13.3. The number of nitriles is 1. The number of fused-ring (bicyclic) bond motifs is 1. The minimum absolute atomic E-state index is 0.0574. The van der Waals surface area contributed by atoms with Gasteiger partial charge in [-0.1, -0.05) is 26.0 Å². The number of rotatable bonds is 9. The van der Waals surface area contributed by atoms with Crippen LogP contribution in [0.4, 0.5) is 14.7 Å². The lowest BCUT2D eigenvalue weighted by Crippen LogP contribution is -2.43. The number of likely N-dealkylation sites (N-methyl/N-ethyl adjacent to an activating group) is 1. The van der Waals surface area contributed by atoms with Crippen molar-refractivity contribution < 1.29 is 18.4 Å². The Labute approximate surface area is 254 Å². The normalized spacial score (nSPS) is 18.6. The van der Waals surface area contributed by atoms with Crippen LogP contribution in [0.1, 0.15) is 53.2 Å². The van der Waals surface area contributed by atoms with Gasteiger partial charge >= 0.3 is 0 Å². The summed E-state index contributed by atoms with van der Waals surface area (Å²) in [7, 11) is 2.12. The van der Waals surface area contributed by atoms with E-state index in [9.17, 15) is 23.6 Å². The fourth-order valence-corrected chi connectivity index (χ4v) is 6.48.